The number of nitrogens with one attached hydrogen (secondary N) is 1. The number of benzene rings is 1. The molecule has 29 heavy (non-hydrogen) atoms. The first kappa shape index (κ1) is 19.6. The summed E-state index contributed by atoms with van der Waals surface area (Å²) in [6, 6.07) is 11.3. The van der Waals surface area contributed by atoms with Crippen molar-refractivity contribution in [2.75, 3.05) is 19.6 Å². The van der Waals surface area contributed by atoms with Gasteiger partial charge in [-0.25, -0.2) is 0 Å². The topological polar surface area (TPSA) is 69.7 Å². The SMILES string of the molecule is O=C(CC(c1cccs1)N1Cc2ccccc2C1=O)NCCCN1CCCC1=O. The predicted molar refractivity (Wildman–Crippen MR) is 111 cm³/mol. The van der Waals surface area contributed by atoms with E-state index < -0.39 is 0 Å². The minimum Gasteiger partial charge on any atom is -0.356 e. The van der Waals surface area contributed by atoms with Crippen LogP contribution in [0.25, 0.3) is 0 Å². The van der Waals surface area contributed by atoms with Gasteiger partial charge in [0.1, 0.15) is 0 Å². The van der Waals surface area contributed by atoms with E-state index in [-0.39, 0.29) is 30.2 Å². The lowest BCUT2D eigenvalue weighted by molar-refractivity contribution is -0.127. The summed E-state index contributed by atoms with van der Waals surface area (Å²) >= 11 is 1.57. The molecule has 3 amide bonds. The fourth-order valence-electron chi connectivity index (χ4n) is 4.06. The van der Waals surface area contributed by atoms with Gasteiger partial charge in [-0.3, -0.25) is 14.4 Å². The van der Waals surface area contributed by atoms with E-state index in [4.69, 9.17) is 0 Å². The van der Waals surface area contributed by atoms with Crippen LogP contribution >= 0.6 is 11.3 Å². The first-order valence-corrected chi connectivity index (χ1v) is 11.0. The van der Waals surface area contributed by atoms with E-state index in [0.717, 1.165) is 35.4 Å². The summed E-state index contributed by atoms with van der Waals surface area (Å²) in [4.78, 5) is 41.9. The average molecular weight is 412 g/mol. The molecule has 1 aromatic carbocycles. The lowest BCUT2D eigenvalue weighted by atomic mass is 10.1. The molecular formula is C22H25N3O3S. The second kappa shape index (κ2) is 8.78. The van der Waals surface area contributed by atoms with Gasteiger partial charge in [0, 0.05) is 43.0 Å². The molecule has 0 radical (unpaired) electrons. The van der Waals surface area contributed by atoms with Crippen LogP contribution in [-0.4, -0.2) is 47.2 Å². The average Bonchev–Trinajstić information content (AvgIpc) is 3.45. The lowest BCUT2D eigenvalue weighted by Gasteiger charge is -2.26. The van der Waals surface area contributed by atoms with Crippen molar-refractivity contribution in [1.29, 1.82) is 0 Å². The van der Waals surface area contributed by atoms with Crippen LogP contribution in [0.3, 0.4) is 0 Å². The lowest BCUT2D eigenvalue weighted by Crippen LogP contribution is -2.35. The van der Waals surface area contributed by atoms with Crippen molar-refractivity contribution < 1.29 is 14.4 Å². The first-order chi connectivity index (χ1) is 14.1. The maximum absolute atomic E-state index is 12.9. The first-order valence-electron chi connectivity index (χ1n) is 10.1. The molecule has 0 aliphatic carbocycles. The molecule has 2 aliphatic heterocycles. The summed E-state index contributed by atoms with van der Waals surface area (Å²) in [7, 11) is 0. The van der Waals surface area contributed by atoms with Gasteiger partial charge < -0.3 is 15.1 Å². The number of hydrogen-bond donors (Lipinski definition) is 1. The molecule has 1 saturated heterocycles. The van der Waals surface area contributed by atoms with E-state index in [0.29, 0.717) is 26.1 Å². The van der Waals surface area contributed by atoms with Crippen LogP contribution in [0, 0.1) is 0 Å². The van der Waals surface area contributed by atoms with Crippen LogP contribution in [0.15, 0.2) is 41.8 Å². The second-order valence-electron chi connectivity index (χ2n) is 7.51. The highest BCUT2D eigenvalue weighted by molar-refractivity contribution is 7.10. The van der Waals surface area contributed by atoms with Crippen LogP contribution in [0.5, 0.6) is 0 Å². The molecule has 0 saturated carbocycles. The number of amides is 3. The van der Waals surface area contributed by atoms with Gasteiger partial charge >= 0.3 is 0 Å². The van der Waals surface area contributed by atoms with E-state index in [2.05, 4.69) is 5.32 Å². The third-order valence-electron chi connectivity index (χ3n) is 5.57. The summed E-state index contributed by atoms with van der Waals surface area (Å²) < 4.78 is 0. The van der Waals surface area contributed by atoms with Gasteiger partial charge in [-0.2, -0.15) is 0 Å². The smallest absolute Gasteiger partial charge is 0.255 e. The maximum atomic E-state index is 12.9. The minimum absolute atomic E-state index is 0.0145. The molecule has 2 aromatic rings. The van der Waals surface area contributed by atoms with Crippen LogP contribution in [0.2, 0.25) is 0 Å². The van der Waals surface area contributed by atoms with E-state index in [1.54, 1.807) is 16.2 Å². The third kappa shape index (κ3) is 4.34. The molecule has 6 nitrogen and oxygen atoms in total. The molecule has 2 aliphatic rings. The number of rotatable bonds is 8. The van der Waals surface area contributed by atoms with Crippen LogP contribution in [0.4, 0.5) is 0 Å². The number of carbonyl (C=O) groups is 3. The summed E-state index contributed by atoms with van der Waals surface area (Å²) in [5, 5.41) is 4.94. The summed E-state index contributed by atoms with van der Waals surface area (Å²) in [6.07, 6.45) is 2.55. The van der Waals surface area contributed by atoms with Gasteiger partial charge in [-0.1, -0.05) is 24.3 Å². The van der Waals surface area contributed by atoms with Gasteiger partial charge in [-0.05, 0) is 35.9 Å². The fourth-order valence-corrected chi connectivity index (χ4v) is 4.90. The monoisotopic (exact) mass is 411 g/mol. The Labute approximate surface area is 174 Å². The fraction of sp³-hybridized carbons (Fsp3) is 0.409. The Morgan fingerprint density at radius 2 is 2.03 bits per heavy atom. The Balaban J connectivity index is 1.35. The van der Waals surface area contributed by atoms with Crippen LogP contribution in [0.1, 0.15) is 52.5 Å². The standard InChI is InChI=1S/C22H25N3O3S/c26-20(23-10-5-12-24-11-3-9-21(24)27)14-18(19-8-4-13-29-19)25-15-16-6-1-2-7-17(16)22(25)28/h1-2,4,6-8,13,18H,3,5,9-12,14-15H2,(H,23,26). The predicted octanol–water partition coefficient (Wildman–Crippen LogP) is 2.96. The quantitative estimate of drug-likeness (QED) is 0.679. The van der Waals surface area contributed by atoms with Crippen molar-refractivity contribution >= 4 is 29.1 Å². The highest BCUT2D eigenvalue weighted by atomic mass is 32.1. The number of carbonyl (C=O) groups excluding carboxylic acids is 3. The molecule has 1 atom stereocenters. The van der Waals surface area contributed by atoms with Crippen LogP contribution in [-0.2, 0) is 16.1 Å². The Bertz CT molecular complexity index is 896. The summed E-state index contributed by atoms with van der Waals surface area (Å²) in [6.45, 7) is 2.58. The van der Waals surface area contributed by atoms with Gasteiger partial charge in [0.15, 0.2) is 0 Å². The van der Waals surface area contributed by atoms with Crippen molar-refractivity contribution in [2.45, 2.75) is 38.3 Å². The van der Waals surface area contributed by atoms with Crippen molar-refractivity contribution in [1.82, 2.24) is 15.1 Å². The van der Waals surface area contributed by atoms with Gasteiger partial charge in [0.2, 0.25) is 11.8 Å². The van der Waals surface area contributed by atoms with Crippen molar-refractivity contribution in [2.24, 2.45) is 0 Å². The number of thiophene rings is 1. The number of nitrogens with zero attached hydrogens (tertiary/aromatic N) is 2. The van der Waals surface area contributed by atoms with E-state index in [9.17, 15) is 14.4 Å². The Morgan fingerprint density at radius 3 is 2.76 bits per heavy atom. The Kier molecular flexibility index (Phi) is 5.94. The molecule has 7 heteroatoms. The van der Waals surface area contributed by atoms with Gasteiger partial charge in [-0.15, -0.1) is 11.3 Å². The molecule has 4 rings (SSSR count). The molecule has 3 heterocycles. The van der Waals surface area contributed by atoms with Crippen molar-refractivity contribution in [3.8, 4) is 0 Å². The zero-order valence-corrected chi connectivity index (χ0v) is 17.1. The molecule has 1 aromatic heterocycles. The Hall–Kier alpha value is -2.67. The number of hydrogen-bond acceptors (Lipinski definition) is 4. The zero-order valence-electron chi connectivity index (χ0n) is 16.3. The number of likely N-dealkylation sites (tertiary alicyclic amines) is 1. The largest absolute Gasteiger partial charge is 0.356 e. The van der Waals surface area contributed by atoms with Gasteiger partial charge in [0.05, 0.1) is 12.5 Å². The molecular weight excluding hydrogens is 386 g/mol. The molecule has 1 N–H and O–H groups in total. The van der Waals surface area contributed by atoms with Gasteiger partial charge in [0.25, 0.3) is 5.91 Å². The third-order valence-corrected chi connectivity index (χ3v) is 6.55. The highest BCUT2D eigenvalue weighted by Gasteiger charge is 2.34. The normalized spacial score (nSPS) is 17.0. The molecule has 0 spiro atoms. The van der Waals surface area contributed by atoms with Crippen LogP contribution < -0.4 is 5.32 Å². The molecule has 152 valence electrons. The Morgan fingerprint density at radius 1 is 1.17 bits per heavy atom. The van der Waals surface area contributed by atoms with E-state index in [1.807, 2.05) is 46.7 Å². The highest BCUT2D eigenvalue weighted by Crippen LogP contribution is 2.35. The minimum atomic E-state index is -0.268. The van der Waals surface area contributed by atoms with E-state index in [1.165, 1.54) is 0 Å². The van der Waals surface area contributed by atoms with Crippen molar-refractivity contribution in [3.63, 3.8) is 0 Å². The summed E-state index contributed by atoms with van der Waals surface area (Å²) in [5.41, 5.74) is 1.74. The van der Waals surface area contributed by atoms with E-state index >= 15 is 0 Å². The molecule has 1 fully saturated rings. The molecule has 1 unspecified atom stereocenters. The maximum Gasteiger partial charge on any atom is 0.255 e. The number of fused-ring (bicyclic) bond motifs is 1. The van der Waals surface area contributed by atoms with Crippen molar-refractivity contribution in [3.05, 3.63) is 57.8 Å². The molecule has 0 bridgehead atoms. The second-order valence-corrected chi connectivity index (χ2v) is 8.49. The summed E-state index contributed by atoms with van der Waals surface area (Å²) in [5.74, 6) is 0.125. The zero-order chi connectivity index (χ0) is 20.2.